The summed E-state index contributed by atoms with van der Waals surface area (Å²) < 4.78 is 54.2. The first-order valence-electron chi connectivity index (χ1n) is 12.9. The van der Waals surface area contributed by atoms with Gasteiger partial charge in [-0.25, -0.2) is 0 Å². The summed E-state index contributed by atoms with van der Waals surface area (Å²) in [6, 6.07) is 14.3. The lowest BCUT2D eigenvalue weighted by Gasteiger charge is -2.33. The third-order valence-electron chi connectivity index (χ3n) is 7.13. The third-order valence-corrected chi connectivity index (χ3v) is 7.13. The molecule has 1 saturated heterocycles. The van der Waals surface area contributed by atoms with Crippen molar-refractivity contribution in [1.29, 1.82) is 0 Å². The number of anilines is 1. The van der Waals surface area contributed by atoms with Gasteiger partial charge < -0.3 is 29.2 Å². The van der Waals surface area contributed by atoms with Crippen LogP contribution in [0.5, 0.6) is 17.5 Å². The van der Waals surface area contributed by atoms with E-state index in [9.17, 15) is 23.3 Å². The second kappa shape index (κ2) is 11.4. The highest BCUT2D eigenvalue weighted by molar-refractivity contribution is 5.49. The van der Waals surface area contributed by atoms with Gasteiger partial charge in [-0.3, -0.25) is 4.57 Å². The van der Waals surface area contributed by atoms with E-state index in [2.05, 4.69) is 14.6 Å². The number of rotatable bonds is 9. The second-order valence-corrected chi connectivity index (χ2v) is 9.83. The lowest BCUT2D eigenvalue weighted by molar-refractivity contribution is -0.389. The number of imidazole rings is 1. The number of aryl methyl sites for hydroxylation is 2. The maximum atomic E-state index is 12.3. The van der Waals surface area contributed by atoms with Crippen molar-refractivity contribution >= 4 is 11.5 Å². The zero-order valence-electron chi connectivity index (χ0n) is 21.2. The summed E-state index contributed by atoms with van der Waals surface area (Å²) in [6.07, 6.45) is 1.08. The van der Waals surface area contributed by atoms with Gasteiger partial charge in [-0.2, -0.15) is 0 Å². The summed E-state index contributed by atoms with van der Waals surface area (Å²) in [5.41, 5.74) is 2.14. The summed E-state index contributed by atoms with van der Waals surface area (Å²) in [7, 11) is 0. The van der Waals surface area contributed by atoms with Crippen LogP contribution >= 0.6 is 0 Å². The van der Waals surface area contributed by atoms with Crippen molar-refractivity contribution in [3.8, 4) is 17.5 Å². The number of halogens is 3. The molecule has 208 valence electrons. The fourth-order valence-corrected chi connectivity index (χ4v) is 4.99. The Hall–Kier alpha value is -3.96. The number of hydrogen-bond acceptors (Lipinski definition) is 7. The van der Waals surface area contributed by atoms with Gasteiger partial charge in [0.15, 0.2) is 0 Å². The first-order valence-corrected chi connectivity index (χ1v) is 12.9. The van der Waals surface area contributed by atoms with E-state index in [1.165, 1.54) is 18.3 Å². The molecule has 0 N–H and O–H groups in total. The molecule has 2 aliphatic rings. The van der Waals surface area contributed by atoms with Crippen LogP contribution in [0.2, 0.25) is 0 Å². The largest absolute Gasteiger partial charge is 0.573 e. The molecule has 9 nitrogen and oxygen atoms in total. The molecule has 0 saturated carbocycles. The Labute approximate surface area is 223 Å². The van der Waals surface area contributed by atoms with Crippen LogP contribution in [0.1, 0.15) is 31.2 Å². The maximum Gasteiger partial charge on any atom is 0.573 e. The van der Waals surface area contributed by atoms with Crippen molar-refractivity contribution < 1.29 is 32.3 Å². The smallest absolute Gasteiger partial charge is 0.490 e. The summed E-state index contributed by atoms with van der Waals surface area (Å²) in [6.45, 7) is 2.79. The van der Waals surface area contributed by atoms with E-state index >= 15 is 0 Å². The van der Waals surface area contributed by atoms with Gasteiger partial charge in [0.2, 0.25) is 0 Å². The van der Waals surface area contributed by atoms with Crippen LogP contribution in [0.25, 0.3) is 0 Å². The van der Waals surface area contributed by atoms with Crippen LogP contribution in [-0.4, -0.2) is 46.6 Å². The summed E-state index contributed by atoms with van der Waals surface area (Å²) >= 11 is 0. The molecular formula is C27H29F3N4O5. The van der Waals surface area contributed by atoms with E-state index < -0.39 is 11.3 Å². The van der Waals surface area contributed by atoms with Crippen molar-refractivity contribution in [1.82, 2.24) is 9.55 Å². The molecule has 39 heavy (non-hydrogen) atoms. The quantitative estimate of drug-likeness (QED) is 0.249. The standard InChI is InChI=1S/C27H29F3N4O5/c28-27(29,30)39-23-7-3-19(4-8-23)1-2-20-11-14-32(15-12-20)21-5-9-22(10-6-21)37-18-24-13-16-33-17-25(34(35)36)31-26(33)38-24/h3-10,17,20,24H,1-2,11-16,18H2/t24-/m1/s1. The lowest BCUT2D eigenvalue weighted by atomic mass is 9.90. The van der Waals surface area contributed by atoms with Crippen LogP contribution in [0.15, 0.2) is 54.7 Å². The average molecular weight is 547 g/mol. The zero-order valence-corrected chi connectivity index (χ0v) is 21.2. The Morgan fingerprint density at radius 2 is 1.69 bits per heavy atom. The molecule has 1 aromatic heterocycles. The summed E-state index contributed by atoms with van der Waals surface area (Å²) in [4.78, 5) is 16.6. The fraction of sp³-hybridized carbons (Fsp3) is 0.444. The van der Waals surface area contributed by atoms with Gasteiger partial charge in [-0.1, -0.05) is 12.1 Å². The first kappa shape index (κ1) is 26.6. The summed E-state index contributed by atoms with van der Waals surface area (Å²) in [5.74, 6) is 0.880. The first-order chi connectivity index (χ1) is 18.7. The number of hydrogen-bond donors (Lipinski definition) is 0. The minimum absolute atomic E-state index is 0.195. The number of ether oxygens (including phenoxy) is 3. The molecule has 0 spiro atoms. The SMILES string of the molecule is O=[N+]([O-])c1cn2c(n1)O[C@@H](COc1ccc(N3CCC(CCc4ccc(OC(F)(F)F)cc4)CC3)cc1)CC2. The lowest BCUT2D eigenvalue weighted by Crippen LogP contribution is -2.33. The van der Waals surface area contributed by atoms with Gasteiger partial charge in [-0.05, 0) is 78.5 Å². The van der Waals surface area contributed by atoms with E-state index in [4.69, 9.17) is 9.47 Å². The van der Waals surface area contributed by atoms with Gasteiger partial charge in [0, 0.05) is 36.7 Å². The van der Waals surface area contributed by atoms with Crippen molar-refractivity contribution in [2.24, 2.45) is 5.92 Å². The minimum atomic E-state index is -4.67. The maximum absolute atomic E-state index is 12.3. The Balaban J connectivity index is 1.03. The molecule has 0 bridgehead atoms. The van der Waals surface area contributed by atoms with E-state index in [0.717, 1.165) is 55.8 Å². The van der Waals surface area contributed by atoms with Crippen molar-refractivity contribution in [3.05, 3.63) is 70.4 Å². The predicted molar refractivity (Wildman–Crippen MR) is 136 cm³/mol. The number of aromatic nitrogens is 2. The number of nitro groups is 1. The van der Waals surface area contributed by atoms with Crippen LogP contribution in [0, 0.1) is 16.0 Å². The zero-order chi connectivity index (χ0) is 27.4. The van der Waals surface area contributed by atoms with Crippen LogP contribution in [0.4, 0.5) is 24.7 Å². The third kappa shape index (κ3) is 7.12. The fourth-order valence-electron chi connectivity index (χ4n) is 4.99. The van der Waals surface area contributed by atoms with Crippen molar-refractivity contribution in [2.75, 3.05) is 24.6 Å². The molecule has 2 aromatic carbocycles. The molecule has 0 radical (unpaired) electrons. The molecule has 1 fully saturated rings. The number of alkyl halides is 3. The van der Waals surface area contributed by atoms with Crippen molar-refractivity contribution in [2.45, 2.75) is 51.1 Å². The molecule has 0 amide bonds. The number of fused-ring (bicyclic) bond motifs is 1. The molecule has 3 heterocycles. The Morgan fingerprint density at radius 3 is 2.36 bits per heavy atom. The molecule has 3 aromatic rings. The Bertz CT molecular complexity index is 1260. The second-order valence-electron chi connectivity index (χ2n) is 9.83. The van der Waals surface area contributed by atoms with Crippen LogP contribution in [-0.2, 0) is 13.0 Å². The molecule has 12 heteroatoms. The highest BCUT2D eigenvalue weighted by Gasteiger charge is 2.31. The van der Waals surface area contributed by atoms with Crippen LogP contribution < -0.4 is 19.1 Å². The van der Waals surface area contributed by atoms with E-state index in [1.807, 2.05) is 24.3 Å². The Morgan fingerprint density at radius 1 is 1.00 bits per heavy atom. The molecule has 0 unspecified atom stereocenters. The van der Waals surface area contributed by atoms with E-state index in [1.54, 1.807) is 16.7 Å². The van der Waals surface area contributed by atoms with E-state index in [-0.39, 0.29) is 23.7 Å². The monoisotopic (exact) mass is 546 g/mol. The number of benzene rings is 2. The molecule has 2 aliphatic heterocycles. The topological polar surface area (TPSA) is 91.9 Å². The van der Waals surface area contributed by atoms with E-state index in [0.29, 0.717) is 25.5 Å². The predicted octanol–water partition coefficient (Wildman–Crippen LogP) is 5.77. The molecule has 0 aliphatic carbocycles. The van der Waals surface area contributed by atoms with Crippen molar-refractivity contribution in [3.63, 3.8) is 0 Å². The van der Waals surface area contributed by atoms with Gasteiger partial charge in [0.1, 0.15) is 30.4 Å². The van der Waals surface area contributed by atoms with Gasteiger partial charge >= 0.3 is 18.2 Å². The molecular weight excluding hydrogens is 517 g/mol. The molecule has 1 atom stereocenters. The van der Waals surface area contributed by atoms with Gasteiger partial charge in [0.25, 0.3) is 0 Å². The Kier molecular flexibility index (Phi) is 7.80. The number of piperidine rings is 1. The normalized spacial score (nSPS) is 17.8. The summed E-state index contributed by atoms with van der Waals surface area (Å²) in [5, 5.41) is 10.9. The average Bonchev–Trinajstić information content (AvgIpc) is 3.35. The van der Waals surface area contributed by atoms with Crippen LogP contribution in [0.3, 0.4) is 0 Å². The highest BCUT2D eigenvalue weighted by atomic mass is 19.4. The highest BCUT2D eigenvalue weighted by Crippen LogP contribution is 2.29. The van der Waals surface area contributed by atoms with Gasteiger partial charge in [0.05, 0.1) is 0 Å². The molecule has 5 rings (SSSR count). The minimum Gasteiger partial charge on any atom is -0.490 e. The van der Waals surface area contributed by atoms with Gasteiger partial charge in [-0.15, -0.1) is 13.2 Å². The number of nitrogens with zero attached hydrogens (tertiary/aromatic N) is 4.